The number of halogens is 4. The summed E-state index contributed by atoms with van der Waals surface area (Å²) in [5.41, 5.74) is -0.353. The van der Waals surface area contributed by atoms with E-state index in [4.69, 9.17) is 22.1 Å². The Balaban J connectivity index is 1.91. The molecule has 156 valence electrons. The number of carbonyl (C=O) groups is 2. The molecule has 0 spiro atoms. The van der Waals surface area contributed by atoms with Crippen LogP contribution < -0.4 is 5.32 Å². The van der Waals surface area contributed by atoms with Crippen molar-refractivity contribution in [2.75, 3.05) is 0 Å². The van der Waals surface area contributed by atoms with Crippen LogP contribution in [0.25, 0.3) is 0 Å². The fourth-order valence-corrected chi connectivity index (χ4v) is 3.56. The van der Waals surface area contributed by atoms with E-state index in [1.807, 2.05) is 0 Å². The number of hydrogen-bond donors (Lipinski definition) is 3. The number of rotatable bonds is 5. The van der Waals surface area contributed by atoms with Gasteiger partial charge >= 0.3 is 12.1 Å². The van der Waals surface area contributed by atoms with Crippen LogP contribution in [0, 0.1) is 5.41 Å². The molecular formula is C21H16ClF3N2O3. The molecule has 0 unspecified atom stereocenters. The van der Waals surface area contributed by atoms with E-state index in [1.165, 1.54) is 30.3 Å². The zero-order chi connectivity index (χ0) is 22.1. The van der Waals surface area contributed by atoms with Crippen LogP contribution >= 0.6 is 11.6 Å². The van der Waals surface area contributed by atoms with Gasteiger partial charge in [0, 0.05) is 5.70 Å². The molecule has 30 heavy (non-hydrogen) atoms. The van der Waals surface area contributed by atoms with Crippen LogP contribution in [0.2, 0.25) is 5.02 Å². The van der Waals surface area contributed by atoms with Crippen LogP contribution in [0.3, 0.4) is 0 Å². The van der Waals surface area contributed by atoms with Gasteiger partial charge in [0.25, 0.3) is 5.91 Å². The Bertz CT molecular complexity index is 1060. The molecule has 0 fully saturated rings. The number of hydrogen-bond acceptors (Lipinski definition) is 3. The lowest BCUT2D eigenvalue weighted by molar-refractivity contribution is -0.137. The summed E-state index contributed by atoms with van der Waals surface area (Å²) in [5.74, 6) is -2.09. The summed E-state index contributed by atoms with van der Waals surface area (Å²) in [6.07, 6.45) is -3.27. The third-order valence-corrected chi connectivity index (χ3v) is 5.07. The molecule has 1 aliphatic rings. The minimum atomic E-state index is -4.75. The quantitative estimate of drug-likeness (QED) is 0.556. The lowest BCUT2D eigenvalue weighted by Gasteiger charge is -2.16. The number of allylic oxidation sites excluding steroid dienone is 2. The van der Waals surface area contributed by atoms with Crippen molar-refractivity contribution in [3.8, 4) is 0 Å². The summed E-state index contributed by atoms with van der Waals surface area (Å²) in [6.45, 7) is 0. The topological polar surface area (TPSA) is 90.3 Å². The molecule has 0 bridgehead atoms. The lowest BCUT2D eigenvalue weighted by Crippen LogP contribution is -2.27. The maximum Gasteiger partial charge on any atom is 0.417 e. The minimum absolute atomic E-state index is 0.0684. The molecule has 3 N–H and O–H groups in total. The SMILES string of the molecule is N=C(C1=C(NC(=O)c2c(Cl)cccc2C(F)(F)F)CCC1)c1ccc(C(=O)O)cc1. The van der Waals surface area contributed by atoms with Crippen molar-refractivity contribution in [3.05, 3.63) is 81.0 Å². The summed E-state index contributed by atoms with van der Waals surface area (Å²) >= 11 is 5.88. The van der Waals surface area contributed by atoms with Gasteiger partial charge in [-0.3, -0.25) is 10.2 Å². The second kappa shape index (κ2) is 8.31. The lowest BCUT2D eigenvalue weighted by atomic mass is 10.00. The molecule has 3 rings (SSSR count). The van der Waals surface area contributed by atoms with Gasteiger partial charge in [0.15, 0.2) is 0 Å². The number of nitrogens with one attached hydrogen (secondary N) is 2. The van der Waals surface area contributed by atoms with Crippen molar-refractivity contribution in [3.63, 3.8) is 0 Å². The van der Waals surface area contributed by atoms with E-state index in [1.54, 1.807) is 0 Å². The number of carbonyl (C=O) groups excluding carboxylic acids is 1. The first-order valence-corrected chi connectivity index (χ1v) is 9.29. The van der Waals surface area contributed by atoms with Crippen molar-refractivity contribution < 1.29 is 27.9 Å². The Morgan fingerprint density at radius 1 is 1.03 bits per heavy atom. The molecule has 9 heteroatoms. The third-order valence-electron chi connectivity index (χ3n) is 4.75. The van der Waals surface area contributed by atoms with Gasteiger partial charge in [0.05, 0.1) is 27.4 Å². The highest BCUT2D eigenvalue weighted by Gasteiger charge is 2.36. The fourth-order valence-electron chi connectivity index (χ4n) is 3.30. The molecule has 1 aliphatic carbocycles. The van der Waals surface area contributed by atoms with Gasteiger partial charge in [-0.25, -0.2) is 4.79 Å². The zero-order valence-electron chi connectivity index (χ0n) is 15.4. The van der Waals surface area contributed by atoms with Crippen LogP contribution in [0.5, 0.6) is 0 Å². The van der Waals surface area contributed by atoms with Gasteiger partial charge in [0.2, 0.25) is 0 Å². The third kappa shape index (κ3) is 4.38. The Morgan fingerprint density at radius 3 is 2.27 bits per heavy atom. The highest BCUT2D eigenvalue weighted by molar-refractivity contribution is 6.34. The van der Waals surface area contributed by atoms with E-state index >= 15 is 0 Å². The predicted molar refractivity (Wildman–Crippen MR) is 105 cm³/mol. The van der Waals surface area contributed by atoms with Gasteiger partial charge in [0.1, 0.15) is 0 Å². The Morgan fingerprint density at radius 2 is 1.67 bits per heavy atom. The van der Waals surface area contributed by atoms with Crippen LogP contribution in [-0.4, -0.2) is 22.7 Å². The largest absolute Gasteiger partial charge is 0.478 e. The molecule has 0 saturated heterocycles. The van der Waals surface area contributed by atoms with Gasteiger partial charge < -0.3 is 10.4 Å². The fraction of sp³-hybridized carbons (Fsp3) is 0.190. The van der Waals surface area contributed by atoms with E-state index < -0.39 is 29.2 Å². The molecular weight excluding hydrogens is 421 g/mol. The van der Waals surface area contributed by atoms with Crippen molar-refractivity contribution in [1.82, 2.24) is 5.32 Å². The molecule has 0 saturated carbocycles. The molecule has 1 amide bonds. The highest BCUT2D eigenvalue weighted by atomic mass is 35.5. The van der Waals surface area contributed by atoms with Crippen LogP contribution in [-0.2, 0) is 6.18 Å². The molecule has 0 radical (unpaired) electrons. The van der Waals surface area contributed by atoms with Crippen molar-refractivity contribution in [2.24, 2.45) is 0 Å². The minimum Gasteiger partial charge on any atom is -0.478 e. The van der Waals surface area contributed by atoms with E-state index in [0.29, 0.717) is 36.1 Å². The second-order valence-electron chi connectivity index (χ2n) is 6.68. The zero-order valence-corrected chi connectivity index (χ0v) is 16.2. The number of amides is 1. The van der Waals surface area contributed by atoms with Gasteiger partial charge in [-0.15, -0.1) is 0 Å². The number of alkyl halides is 3. The number of carboxylic acid groups (broad SMARTS) is 1. The number of benzene rings is 2. The van der Waals surface area contributed by atoms with Crippen LogP contribution in [0.1, 0.15) is 51.1 Å². The van der Waals surface area contributed by atoms with Crippen LogP contribution in [0.15, 0.2) is 53.7 Å². The van der Waals surface area contributed by atoms with Crippen molar-refractivity contribution in [2.45, 2.75) is 25.4 Å². The van der Waals surface area contributed by atoms with Gasteiger partial charge in [-0.1, -0.05) is 29.8 Å². The summed E-state index contributed by atoms with van der Waals surface area (Å²) in [7, 11) is 0. The molecule has 2 aromatic rings. The smallest absolute Gasteiger partial charge is 0.417 e. The Kier molecular flexibility index (Phi) is 5.98. The van der Waals surface area contributed by atoms with Crippen molar-refractivity contribution >= 4 is 29.2 Å². The van der Waals surface area contributed by atoms with E-state index in [2.05, 4.69) is 5.32 Å². The number of carboxylic acids is 1. The molecule has 0 aromatic heterocycles. The monoisotopic (exact) mass is 436 g/mol. The molecule has 0 heterocycles. The van der Waals surface area contributed by atoms with E-state index in [9.17, 15) is 22.8 Å². The van der Waals surface area contributed by atoms with Gasteiger partial charge in [-0.05, 0) is 54.7 Å². The normalized spacial score (nSPS) is 14.0. The first-order chi connectivity index (χ1) is 14.1. The summed E-state index contributed by atoms with van der Waals surface area (Å²) in [6, 6.07) is 8.80. The maximum atomic E-state index is 13.3. The molecule has 0 aliphatic heterocycles. The van der Waals surface area contributed by atoms with E-state index in [0.717, 1.165) is 12.1 Å². The van der Waals surface area contributed by atoms with Crippen molar-refractivity contribution in [1.29, 1.82) is 5.41 Å². The average molecular weight is 437 g/mol. The predicted octanol–water partition coefficient (Wildman–Crippen LogP) is 5.29. The standard InChI is InChI=1S/C21H16ClF3N2O3/c22-15-5-2-4-14(21(23,24)25)17(15)19(28)27-16-6-1-3-13(16)18(26)11-7-9-12(10-8-11)20(29)30/h2,4-5,7-10,26H,1,3,6H2,(H,27,28)(H,29,30). The second-order valence-corrected chi connectivity index (χ2v) is 7.09. The molecule has 2 aromatic carbocycles. The maximum absolute atomic E-state index is 13.3. The first kappa shape index (κ1) is 21.6. The van der Waals surface area contributed by atoms with E-state index in [-0.39, 0.29) is 16.3 Å². The average Bonchev–Trinajstić information content (AvgIpc) is 3.14. The Labute approximate surface area is 174 Å². The molecule has 5 nitrogen and oxygen atoms in total. The summed E-state index contributed by atoms with van der Waals surface area (Å²) in [4.78, 5) is 23.6. The molecule has 0 atom stereocenters. The number of aromatic carboxylic acids is 1. The highest BCUT2D eigenvalue weighted by Crippen LogP contribution is 2.35. The first-order valence-electron chi connectivity index (χ1n) is 8.91. The summed E-state index contributed by atoms with van der Waals surface area (Å²) in [5, 5.41) is 19.6. The Hall–Kier alpha value is -3.13. The van der Waals surface area contributed by atoms with Crippen LogP contribution in [0.4, 0.5) is 13.2 Å². The summed E-state index contributed by atoms with van der Waals surface area (Å²) < 4.78 is 39.9. The van der Waals surface area contributed by atoms with Gasteiger partial charge in [-0.2, -0.15) is 13.2 Å².